The molecule has 41 heavy (non-hydrogen) atoms. The summed E-state index contributed by atoms with van der Waals surface area (Å²) in [5, 5.41) is 14.0. The summed E-state index contributed by atoms with van der Waals surface area (Å²) in [5.74, 6) is 0. The molecule has 0 aliphatic heterocycles. The number of para-hydroxylation sites is 2. The Morgan fingerprint density at radius 2 is 0.732 bits per heavy atom. The molecule has 0 fully saturated rings. The van der Waals surface area contributed by atoms with Crippen LogP contribution in [0.2, 0.25) is 0 Å². The van der Waals surface area contributed by atoms with E-state index in [1.807, 2.05) is 36.4 Å². The van der Waals surface area contributed by atoms with Crippen LogP contribution in [0.5, 0.6) is 0 Å². The van der Waals surface area contributed by atoms with E-state index in [0.29, 0.717) is 5.41 Å². The van der Waals surface area contributed by atoms with Gasteiger partial charge in [0.15, 0.2) is 0 Å². The lowest BCUT2D eigenvalue weighted by Crippen LogP contribution is -2.35. The normalized spacial score (nSPS) is 11.6. The van der Waals surface area contributed by atoms with Crippen molar-refractivity contribution >= 4 is 34.1 Å². The van der Waals surface area contributed by atoms with E-state index >= 15 is 0 Å². The van der Waals surface area contributed by atoms with Gasteiger partial charge >= 0.3 is 0 Å². The van der Waals surface area contributed by atoms with Gasteiger partial charge in [-0.1, -0.05) is 64.1 Å². The second-order valence-electron chi connectivity index (χ2n) is 13.2. The van der Waals surface area contributed by atoms with Crippen LogP contribution < -0.4 is 21.3 Å². The van der Waals surface area contributed by atoms with Crippen molar-refractivity contribution in [2.75, 3.05) is 21.3 Å². The van der Waals surface area contributed by atoms with Gasteiger partial charge in [-0.3, -0.25) is 0 Å². The Morgan fingerprint density at radius 3 is 1.07 bits per heavy atom. The smallest absolute Gasteiger partial charge is 0.0385 e. The molecule has 0 aromatic heterocycles. The molecule has 0 radical (unpaired) electrons. The van der Waals surface area contributed by atoms with Gasteiger partial charge in [-0.05, 0) is 119 Å². The Labute approximate surface area is 249 Å². The second-order valence-corrected chi connectivity index (χ2v) is 13.2. The maximum absolute atomic E-state index is 3.64. The van der Waals surface area contributed by atoms with Crippen molar-refractivity contribution in [3.63, 3.8) is 0 Å². The molecule has 0 aliphatic rings. The van der Waals surface area contributed by atoms with E-state index in [4.69, 9.17) is 0 Å². The number of benzene rings is 4. The minimum Gasteiger partial charge on any atom is -0.380 e. The number of rotatable bonds is 10. The van der Waals surface area contributed by atoms with Crippen LogP contribution in [0, 0.1) is 5.41 Å². The molecule has 0 unspecified atom stereocenters. The molecule has 4 rings (SSSR count). The molecule has 4 aromatic rings. The summed E-state index contributed by atoms with van der Waals surface area (Å²) in [6.45, 7) is 18.0. The molecular formula is C37H50N4. The van der Waals surface area contributed by atoms with Crippen molar-refractivity contribution in [3.05, 3.63) is 109 Å². The molecule has 4 aromatic carbocycles. The summed E-state index contributed by atoms with van der Waals surface area (Å²) in [6.07, 6.45) is 2.21. The van der Waals surface area contributed by atoms with Crippen molar-refractivity contribution < 1.29 is 0 Å². The van der Waals surface area contributed by atoms with Crippen LogP contribution in [0.15, 0.2) is 109 Å². The fourth-order valence-corrected chi connectivity index (χ4v) is 4.89. The van der Waals surface area contributed by atoms with Gasteiger partial charge in [0.05, 0.1) is 0 Å². The van der Waals surface area contributed by atoms with Gasteiger partial charge in [0.2, 0.25) is 0 Å². The van der Waals surface area contributed by atoms with E-state index in [-0.39, 0.29) is 11.1 Å². The van der Waals surface area contributed by atoms with Crippen molar-refractivity contribution in [2.24, 2.45) is 5.41 Å². The van der Waals surface area contributed by atoms with Gasteiger partial charge in [-0.2, -0.15) is 0 Å². The third-order valence-corrected chi connectivity index (χ3v) is 6.72. The van der Waals surface area contributed by atoms with Crippen molar-refractivity contribution in [1.82, 2.24) is 0 Å². The molecular weight excluding hydrogens is 500 g/mol. The molecule has 0 aliphatic carbocycles. The summed E-state index contributed by atoms with van der Waals surface area (Å²) in [6, 6.07) is 37.4. The largest absolute Gasteiger partial charge is 0.380 e. The molecule has 4 N–H and O–H groups in total. The van der Waals surface area contributed by atoms with Crippen LogP contribution in [0.3, 0.4) is 0 Å². The average molecular weight is 551 g/mol. The predicted octanol–water partition coefficient (Wildman–Crippen LogP) is 11.1. The number of anilines is 6. The first kappa shape index (κ1) is 31.6. The Balaban J connectivity index is 0.000000228. The monoisotopic (exact) mass is 550 g/mol. The zero-order valence-corrected chi connectivity index (χ0v) is 26.3. The predicted molar refractivity (Wildman–Crippen MR) is 182 cm³/mol. The van der Waals surface area contributed by atoms with Gasteiger partial charge in [0, 0.05) is 45.2 Å². The summed E-state index contributed by atoms with van der Waals surface area (Å²) in [5.41, 5.74) is 7.26. The molecule has 218 valence electrons. The molecule has 0 saturated carbocycles. The summed E-state index contributed by atoms with van der Waals surface area (Å²) in [4.78, 5) is 0. The first-order valence-corrected chi connectivity index (χ1v) is 14.7. The minimum atomic E-state index is 0.0760. The van der Waals surface area contributed by atoms with E-state index < -0.39 is 0 Å². The van der Waals surface area contributed by atoms with Crippen molar-refractivity contribution in [1.29, 1.82) is 0 Å². The first-order valence-electron chi connectivity index (χ1n) is 14.7. The van der Waals surface area contributed by atoms with E-state index in [1.54, 1.807) is 0 Å². The highest BCUT2D eigenvalue weighted by Crippen LogP contribution is 2.30. The van der Waals surface area contributed by atoms with Crippen LogP contribution >= 0.6 is 0 Å². The van der Waals surface area contributed by atoms with Crippen LogP contribution in [0.1, 0.15) is 68.2 Å². The van der Waals surface area contributed by atoms with Gasteiger partial charge < -0.3 is 21.3 Å². The molecule has 0 saturated heterocycles. The Hall–Kier alpha value is -3.92. The lowest BCUT2D eigenvalue weighted by Gasteiger charge is -2.34. The molecule has 4 heteroatoms. The SMILES string of the molecule is CC(C)(C)CC(C)(C)Nc1ccc(Nc2ccccc2)cc1.CCC(C)(C)Nc1ccc(Nc2ccccc2)cc1. The fraction of sp³-hybridized carbons (Fsp3) is 0.351. The van der Waals surface area contributed by atoms with Gasteiger partial charge in [-0.25, -0.2) is 0 Å². The lowest BCUT2D eigenvalue weighted by atomic mass is 9.81. The van der Waals surface area contributed by atoms with E-state index in [2.05, 4.69) is 149 Å². The number of hydrogen-bond acceptors (Lipinski definition) is 4. The first-order chi connectivity index (χ1) is 19.3. The van der Waals surface area contributed by atoms with E-state index in [9.17, 15) is 0 Å². The average Bonchev–Trinajstić information content (AvgIpc) is 2.91. The highest BCUT2D eigenvalue weighted by Gasteiger charge is 2.25. The number of hydrogen-bond donors (Lipinski definition) is 4. The molecule has 4 nitrogen and oxygen atoms in total. The van der Waals surface area contributed by atoms with Crippen molar-refractivity contribution in [3.8, 4) is 0 Å². The Morgan fingerprint density at radius 1 is 0.415 bits per heavy atom. The molecule has 0 atom stereocenters. The van der Waals surface area contributed by atoms with Crippen molar-refractivity contribution in [2.45, 2.75) is 79.3 Å². The van der Waals surface area contributed by atoms with Crippen LogP contribution in [0.4, 0.5) is 34.1 Å². The topological polar surface area (TPSA) is 48.1 Å². The molecule has 0 amide bonds. The Kier molecular flexibility index (Phi) is 10.9. The van der Waals surface area contributed by atoms with Crippen LogP contribution in [-0.2, 0) is 0 Å². The third-order valence-electron chi connectivity index (χ3n) is 6.72. The quantitative estimate of drug-likeness (QED) is 0.159. The highest BCUT2D eigenvalue weighted by atomic mass is 15.0. The second kappa shape index (κ2) is 14.1. The maximum atomic E-state index is 3.64. The highest BCUT2D eigenvalue weighted by molar-refractivity contribution is 5.63. The van der Waals surface area contributed by atoms with Crippen LogP contribution in [0.25, 0.3) is 0 Å². The molecule has 0 spiro atoms. The zero-order chi connectivity index (χ0) is 29.9. The van der Waals surface area contributed by atoms with Crippen LogP contribution in [-0.4, -0.2) is 11.1 Å². The standard InChI is InChI=1S/C20H28N2.C17H22N2/c1-19(2,3)15-20(4,5)22-18-13-11-17(12-14-18)21-16-9-7-6-8-10-16;1-4-17(2,3)19-16-12-10-15(11-13-16)18-14-8-6-5-7-9-14/h6-14,21-22H,15H2,1-5H3;5-13,18-19H,4H2,1-3H3. The van der Waals surface area contributed by atoms with Gasteiger partial charge in [0.1, 0.15) is 0 Å². The summed E-state index contributed by atoms with van der Waals surface area (Å²) < 4.78 is 0. The fourth-order valence-electron chi connectivity index (χ4n) is 4.89. The van der Waals surface area contributed by atoms with E-state index in [1.165, 1.54) is 0 Å². The minimum absolute atomic E-state index is 0.0760. The Bertz CT molecular complexity index is 1290. The van der Waals surface area contributed by atoms with Gasteiger partial charge in [-0.15, -0.1) is 0 Å². The maximum Gasteiger partial charge on any atom is 0.0385 e. The zero-order valence-electron chi connectivity index (χ0n) is 26.3. The lowest BCUT2D eigenvalue weighted by molar-refractivity contribution is 0.302. The molecule has 0 bridgehead atoms. The summed E-state index contributed by atoms with van der Waals surface area (Å²) in [7, 11) is 0. The van der Waals surface area contributed by atoms with Gasteiger partial charge in [0.25, 0.3) is 0 Å². The summed E-state index contributed by atoms with van der Waals surface area (Å²) >= 11 is 0. The third kappa shape index (κ3) is 12.0. The molecule has 0 heterocycles. The van der Waals surface area contributed by atoms with E-state index in [0.717, 1.165) is 47.0 Å². The number of nitrogens with one attached hydrogen (secondary N) is 4.